The molecule has 0 saturated heterocycles. The highest BCUT2D eigenvalue weighted by Crippen LogP contribution is 2.09. The van der Waals surface area contributed by atoms with Crippen molar-refractivity contribution in [2.75, 3.05) is 11.9 Å². The number of ether oxygens (including phenoxy) is 1. The predicted octanol–water partition coefficient (Wildman–Crippen LogP) is 1.84. The van der Waals surface area contributed by atoms with Crippen LogP contribution < -0.4 is 5.32 Å². The Bertz CT molecular complexity index is 460. The van der Waals surface area contributed by atoms with Crippen molar-refractivity contribution in [3.05, 3.63) is 29.8 Å². The molecule has 1 N–H and O–H groups in total. The van der Waals surface area contributed by atoms with E-state index in [4.69, 9.17) is 10.00 Å². The summed E-state index contributed by atoms with van der Waals surface area (Å²) in [5.74, 6) is -0.639. The van der Waals surface area contributed by atoms with E-state index in [1.54, 1.807) is 31.2 Å². The number of hydrogen-bond donors (Lipinski definition) is 1. The number of carbonyl (C=O) groups excluding carboxylic acids is 2. The third-order valence-corrected chi connectivity index (χ3v) is 2.16. The van der Waals surface area contributed by atoms with Gasteiger partial charge in [-0.1, -0.05) is 0 Å². The average molecular weight is 246 g/mol. The Hall–Kier alpha value is -2.35. The number of rotatable bonds is 5. The maximum atomic E-state index is 11.5. The number of hydrogen-bond acceptors (Lipinski definition) is 4. The molecule has 0 saturated carbocycles. The average Bonchev–Trinajstić information content (AvgIpc) is 2.38. The smallest absolute Gasteiger partial charge is 0.306 e. The topological polar surface area (TPSA) is 79.2 Å². The highest BCUT2D eigenvalue weighted by atomic mass is 16.5. The minimum atomic E-state index is -0.382. The van der Waals surface area contributed by atoms with E-state index in [-0.39, 0.29) is 24.7 Å². The zero-order chi connectivity index (χ0) is 13.4. The zero-order valence-electron chi connectivity index (χ0n) is 10.1. The predicted molar refractivity (Wildman–Crippen MR) is 65.7 cm³/mol. The molecule has 0 heterocycles. The molecule has 0 radical (unpaired) electrons. The van der Waals surface area contributed by atoms with Crippen molar-refractivity contribution in [2.24, 2.45) is 0 Å². The van der Waals surface area contributed by atoms with Crippen molar-refractivity contribution in [3.63, 3.8) is 0 Å². The van der Waals surface area contributed by atoms with Crippen LogP contribution in [0.4, 0.5) is 5.69 Å². The molecule has 1 rings (SSSR count). The Balaban J connectivity index is 2.40. The molecule has 0 aliphatic heterocycles. The molecule has 5 nitrogen and oxygen atoms in total. The molecule has 5 heteroatoms. The first-order chi connectivity index (χ1) is 8.65. The number of nitrogens with zero attached hydrogens (tertiary/aromatic N) is 1. The standard InChI is InChI=1S/C13H14N2O3/c1-2-18-13(17)8-7-12(16)15-11-5-3-10(9-14)4-6-11/h3-6H,2,7-8H2,1H3,(H,15,16). The van der Waals surface area contributed by atoms with Gasteiger partial charge in [-0.15, -0.1) is 0 Å². The molecule has 1 aromatic carbocycles. The molecule has 0 spiro atoms. The van der Waals surface area contributed by atoms with E-state index in [9.17, 15) is 9.59 Å². The number of benzene rings is 1. The van der Waals surface area contributed by atoms with Gasteiger partial charge in [-0.05, 0) is 31.2 Å². The van der Waals surface area contributed by atoms with Crippen LogP contribution in [0.2, 0.25) is 0 Å². The van der Waals surface area contributed by atoms with E-state index in [0.29, 0.717) is 17.9 Å². The van der Waals surface area contributed by atoms with Crippen molar-refractivity contribution < 1.29 is 14.3 Å². The molecule has 0 bridgehead atoms. The molecule has 1 amide bonds. The summed E-state index contributed by atoms with van der Waals surface area (Å²) in [6, 6.07) is 8.49. The lowest BCUT2D eigenvalue weighted by molar-refractivity contribution is -0.144. The van der Waals surface area contributed by atoms with E-state index < -0.39 is 0 Å². The third-order valence-electron chi connectivity index (χ3n) is 2.16. The Kier molecular flexibility index (Phi) is 5.39. The summed E-state index contributed by atoms with van der Waals surface area (Å²) in [5, 5.41) is 11.3. The van der Waals surface area contributed by atoms with Gasteiger partial charge in [0.25, 0.3) is 0 Å². The first kappa shape index (κ1) is 13.7. The molecular formula is C13H14N2O3. The van der Waals surface area contributed by atoms with E-state index in [2.05, 4.69) is 5.32 Å². The lowest BCUT2D eigenvalue weighted by Gasteiger charge is -2.05. The molecule has 0 fully saturated rings. The van der Waals surface area contributed by atoms with Crippen LogP contribution in [-0.4, -0.2) is 18.5 Å². The summed E-state index contributed by atoms with van der Waals surface area (Å²) < 4.78 is 4.72. The summed E-state index contributed by atoms with van der Waals surface area (Å²) in [6.45, 7) is 2.03. The Morgan fingerprint density at radius 3 is 2.50 bits per heavy atom. The number of nitriles is 1. The summed E-state index contributed by atoms with van der Waals surface area (Å²) in [4.78, 5) is 22.5. The highest BCUT2D eigenvalue weighted by Gasteiger charge is 2.07. The van der Waals surface area contributed by atoms with E-state index in [1.165, 1.54) is 0 Å². The maximum absolute atomic E-state index is 11.5. The number of esters is 1. The Labute approximate surface area is 105 Å². The van der Waals surface area contributed by atoms with Crippen molar-refractivity contribution in [1.82, 2.24) is 0 Å². The fourth-order valence-corrected chi connectivity index (χ4v) is 1.30. The third kappa shape index (κ3) is 4.66. The fraction of sp³-hybridized carbons (Fsp3) is 0.308. The quantitative estimate of drug-likeness (QED) is 0.804. The van der Waals surface area contributed by atoms with Gasteiger partial charge in [0.2, 0.25) is 5.91 Å². The van der Waals surface area contributed by atoms with Crippen molar-refractivity contribution in [2.45, 2.75) is 19.8 Å². The van der Waals surface area contributed by atoms with Crippen LogP contribution in [0.15, 0.2) is 24.3 Å². The van der Waals surface area contributed by atoms with Gasteiger partial charge in [0.15, 0.2) is 0 Å². The van der Waals surface area contributed by atoms with Gasteiger partial charge in [0, 0.05) is 12.1 Å². The number of anilines is 1. The van der Waals surface area contributed by atoms with Crippen LogP contribution >= 0.6 is 0 Å². The second kappa shape index (κ2) is 7.07. The van der Waals surface area contributed by atoms with Gasteiger partial charge in [-0.2, -0.15) is 5.26 Å². The SMILES string of the molecule is CCOC(=O)CCC(=O)Nc1ccc(C#N)cc1. The second-order valence-electron chi connectivity index (χ2n) is 3.54. The van der Waals surface area contributed by atoms with Crippen molar-refractivity contribution in [3.8, 4) is 6.07 Å². The lowest BCUT2D eigenvalue weighted by Crippen LogP contribution is -2.14. The van der Waals surface area contributed by atoms with Crippen LogP contribution in [-0.2, 0) is 14.3 Å². The van der Waals surface area contributed by atoms with Crippen molar-refractivity contribution >= 4 is 17.6 Å². The van der Waals surface area contributed by atoms with Gasteiger partial charge in [-0.3, -0.25) is 9.59 Å². The van der Waals surface area contributed by atoms with Crippen LogP contribution in [0.5, 0.6) is 0 Å². The first-order valence-corrected chi connectivity index (χ1v) is 5.61. The van der Waals surface area contributed by atoms with Gasteiger partial charge in [-0.25, -0.2) is 0 Å². The second-order valence-corrected chi connectivity index (χ2v) is 3.54. The van der Waals surface area contributed by atoms with E-state index >= 15 is 0 Å². The summed E-state index contributed by atoms with van der Waals surface area (Å²) in [6.07, 6.45) is 0.148. The molecule has 18 heavy (non-hydrogen) atoms. The van der Waals surface area contributed by atoms with Gasteiger partial charge in [0.05, 0.1) is 24.7 Å². The molecule has 94 valence electrons. The summed E-state index contributed by atoms with van der Waals surface area (Å²) in [7, 11) is 0. The summed E-state index contributed by atoms with van der Waals surface area (Å²) >= 11 is 0. The largest absolute Gasteiger partial charge is 0.466 e. The summed E-state index contributed by atoms with van der Waals surface area (Å²) in [5.41, 5.74) is 1.13. The Morgan fingerprint density at radius 1 is 1.28 bits per heavy atom. The van der Waals surface area contributed by atoms with Gasteiger partial charge < -0.3 is 10.1 Å². The van der Waals surface area contributed by atoms with E-state index in [1.807, 2.05) is 6.07 Å². The Morgan fingerprint density at radius 2 is 1.94 bits per heavy atom. The van der Waals surface area contributed by atoms with Crippen LogP contribution in [0.3, 0.4) is 0 Å². The zero-order valence-corrected chi connectivity index (χ0v) is 10.1. The first-order valence-electron chi connectivity index (χ1n) is 5.61. The molecule has 0 aliphatic rings. The minimum absolute atomic E-state index is 0.0654. The van der Waals surface area contributed by atoms with Crippen LogP contribution in [0.25, 0.3) is 0 Å². The van der Waals surface area contributed by atoms with Crippen molar-refractivity contribution in [1.29, 1.82) is 5.26 Å². The molecular weight excluding hydrogens is 232 g/mol. The molecule has 0 unspecified atom stereocenters. The molecule has 0 aromatic heterocycles. The fourth-order valence-electron chi connectivity index (χ4n) is 1.30. The molecule has 0 aliphatic carbocycles. The number of amides is 1. The normalized spacial score (nSPS) is 9.33. The molecule has 0 atom stereocenters. The van der Waals surface area contributed by atoms with Crippen LogP contribution in [0.1, 0.15) is 25.3 Å². The van der Waals surface area contributed by atoms with E-state index in [0.717, 1.165) is 0 Å². The van der Waals surface area contributed by atoms with Crippen LogP contribution in [0, 0.1) is 11.3 Å². The maximum Gasteiger partial charge on any atom is 0.306 e. The lowest BCUT2D eigenvalue weighted by atomic mass is 10.2. The number of nitrogens with one attached hydrogen (secondary N) is 1. The monoisotopic (exact) mass is 246 g/mol. The highest BCUT2D eigenvalue weighted by molar-refractivity contribution is 5.92. The number of carbonyl (C=O) groups is 2. The molecule has 1 aromatic rings. The minimum Gasteiger partial charge on any atom is -0.466 e. The van der Waals surface area contributed by atoms with Gasteiger partial charge in [0.1, 0.15) is 0 Å². The van der Waals surface area contributed by atoms with Gasteiger partial charge >= 0.3 is 5.97 Å².